The Hall–Kier alpha value is -3.48. The Morgan fingerprint density at radius 2 is 1.67 bits per heavy atom. The van der Waals surface area contributed by atoms with Gasteiger partial charge in [0.15, 0.2) is 0 Å². The molecule has 7 nitrogen and oxygen atoms in total. The van der Waals surface area contributed by atoms with E-state index in [1.165, 1.54) is 11.9 Å². The standard InChI is InChI=1S/C20H21N5O2/c1-4-15-6-8-16(9-7-15)23-19-18(25(26)27)20(22-12-21-19)24-17-10-5-13(2)11-14(17)3/h5-12H,4H2,1-3H3,(H2,21,22,23,24). The van der Waals surface area contributed by atoms with E-state index in [1.807, 2.05) is 56.3 Å². The Morgan fingerprint density at radius 1 is 1.00 bits per heavy atom. The SMILES string of the molecule is CCc1ccc(Nc2ncnc(Nc3ccc(C)cc3C)c2[N+](=O)[O-])cc1. The molecular formula is C20H21N5O2. The van der Waals surface area contributed by atoms with Gasteiger partial charge in [0.2, 0.25) is 11.6 Å². The second-order valence-corrected chi connectivity index (χ2v) is 6.30. The molecule has 2 N–H and O–H groups in total. The van der Waals surface area contributed by atoms with Crippen LogP contribution >= 0.6 is 0 Å². The predicted octanol–water partition coefficient (Wildman–Crippen LogP) is 5.05. The van der Waals surface area contributed by atoms with Gasteiger partial charge in [-0.15, -0.1) is 0 Å². The Balaban J connectivity index is 1.95. The number of rotatable bonds is 6. The molecule has 3 rings (SSSR count). The van der Waals surface area contributed by atoms with Gasteiger partial charge in [0, 0.05) is 11.4 Å². The van der Waals surface area contributed by atoms with Gasteiger partial charge >= 0.3 is 5.69 Å². The van der Waals surface area contributed by atoms with Gasteiger partial charge in [0.1, 0.15) is 6.33 Å². The smallest absolute Gasteiger partial charge is 0.334 e. The average molecular weight is 363 g/mol. The van der Waals surface area contributed by atoms with Crippen LogP contribution in [0.25, 0.3) is 0 Å². The van der Waals surface area contributed by atoms with Crippen molar-refractivity contribution in [2.24, 2.45) is 0 Å². The summed E-state index contributed by atoms with van der Waals surface area (Å²) in [7, 11) is 0. The number of aryl methyl sites for hydroxylation is 3. The van der Waals surface area contributed by atoms with Crippen LogP contribution in [-0.4, -0.2) is 14.9 Å². The maximum atomic E-state index is 11.7. The summed E-state index contributed by atoms with van der Waals surface area (Å²) in [6, 6.07) is 13.5. The van der Waals surface area contributed by atoms with E-state index < -0.39 is 4.92 Å². The lowest BCUT2D eigenvalue weighted by molar-refractivity contribution is -0.383. The van der Waals surface area contributed by atoms with Crippen LogP contribution in [0.1, 0.15) is 23.6 Å². The second kappa shape index (κ2) is 7.82. The Morgan fingerprint density at radius 3 is 2.26 bits per heavy atom. The molecule has 1 heterocycles. The summed E-state index contributed by atoms with van der Waals surface area (Å²) in [6.45, 7) is 6.01. The summed E-state index contributed by atoms with van der Waals surface area (Å²) in [5, 5.41) is 17.8. The van der Waals surface area contributed by atoms with E-state index >= 15 is 0 Å². The highest BCUT2D eigenvalue weighted by atomic mass is 16.6. The predicted molar refractivity (Wildman–Crippen MR) is 107 cm³/mol. The molecule has 2 aromatic carbocycles. The van der Waals surface area contributed by atoms with E-state index in [9.17, 15) is 10.1 Å². The molecule has 0 spiro atoms. The lowest BCUT2D eigenvalue weighted by Crippen LogP contribution is -2.06. The van der Waals surface area contributed by atoms with Crippen molar-refractivity contribution in [3.8, 4) is 0 Å². The van der Waals surface area contributed by atoms with Crippen molar-refractivity contribution >= 4 is 28.7 Å². The molecule has 0 aliphatic heterocycles. The monoisotopic (exact) mass is 363 g/mol. The number of nitrogens with one attached hydrogen (secondary N) is 2. The molecule has 7 heteroatoms. The highest BCUT2D eigenvalue weighted by Gasteiger charge is 2.23. The minimum absolute atomic E-state index is 0.145. The molecule has 0 bridgehead atoms. The van der Waals surface area contributed by atoms with Crippen LogP contribution in [0.15, 0.2) is 48.8 Å². The first kappa shape index (κ1) is 18.3. The van der Waals surface area contributed by atoms with Crippen LogP contribution in [0.4, 0.5) is 28.7 Å². The Kier molecular flexibility index (Phi) is 5.30. The summed E-state index contributed by atoms with van der Waals surface area (Å²) < 4.78 is 0. The van der Waals surface area contributed by atoms with E-state index in [0.29, 0.717) is 0 Å². The fourth-order valence-electron chi connectivity index (χ4n) is 2.78. The fourth-order valence-corrected chi connectivity index (χ4v) is 2.78. The minimum atomic E-state index is -0.478. The molecule has 0 aliphatic rings. The molecule has 138 valence electrons. The van der Waals surface area contributed by atoms with E-state index in [4.69, 9.17) is 0 Å². The van der Waals surface area contributed by atoms with Crippen molar-refractivity contribution in [3.63, 3.8) is 0 Å². The van der Waals surface area contributed by atoms with Gasteiger partial charge in [0.25, 0.3) is 0 Å². The number of benzene rings is 2. The quantitative estimate of drug-likeness (QED) is 0.470. The van der Waals surface area contributed by atoms with Crippen molar-refractivity contribution in [2.75, 3.05) is 10.6 Å². The molecule has 3 aromatic rings. The van der Waals surface area contributed by atoms with Gasteiger partial charge in [-0.1, -0.05) is 36.8 Å². The van der Waals surface area contributed by atoms with Crippen molar-refractivity contribution in [3.05, 3.63) is 75.6 Å². The van der Waals surface area contributed by atoms with Crippen molar-refractivity contribution in [1.82, 2.24) is 9.97 Å². The van der Waals surface area contributed by atoms with Crippen LogP contribution in [0.2, 0.25) is 0 Å². The zero-order valence-electron chi connectivity index (χ0n) is 15.5. The summed E-state index contributed by atoms with van der Waals surface area (Å²) in [5.74, 6) is 0.293. The molecule has 0 unspecified atom stereocenters. The highest BCUT2D eigenvalue weighted by molar-refractivity contribution is 5.77. The lowest BCUT2D eigenvalue weighted by Gasteiger charge is -2.12. The Labute approximate surface area is 157 Å². The molecule has 1 aromatic heterocycles. The third-order valence-electron chi connectivity index (χ3n) is 4.26. The number of hydrogen-bond donors (Lipinski definition) is 2. The second-order valence-electron chi connectivity index (χ2n) is 6.30. The van der Waals surface area contributed by atoms with E-state index in [-0.39, 0.29) is 17.3 Å². The van der Waals surface area contributed by atoms with Crippen LogP contribution in [0, 0.1) is 24.0 Å². The van der Waals surface area contributed by atoms with Crippen LogP contribution in [0.5, 0.6) is 0 Å². The molecule has 0 radical (unpaired) electrons. The van der Waals surface area contributed by atoms with E-state index in [2.05, 4.69) is 27.5 Å². The number of nitro groups is 1. The Bertz CT molecular complexity index is 971. The molecule has 0 amide bonds. The third-order valence-corrected chi connectivity index (χ3v) is 4.26. The maximum Gasteiger partial charge on any atom is 0.353 e. The van der Waals surface area contributed by atoms with E-state index in [1.54, 1.807) is 0 Å². The number of anilines is 4. The van der Waals surface area contributed by atoms with Crippen LogP contribution < -0.4 is 10.6 Å². The molecule has 0 atom stereocenters. The number of nitrogens with zero attached hydrogens (tertiary/aromatic N) is 3. The normalized spacial score (nSPS) is 10.5. The highest BCUT2D eigenvalue weighted by Crippen LogP contribution is 2.33. The summed E-state index contributed by atoms with van der Waals surface area (Å²) >= 11 is 0. The molecule has 0 aliphatic carbocycles. The minimum Gasteiger partial charge on any atom is -0.334 e. The van der Waals surface area contributed by atoms with Gasteiger partial charge in [-0.25, -0.2) is 9.97 Å². The summed E-state index contributed by atoms with van der Waals surface area (Å²) in [4.78, 5) is 19.4. The van der Waals surface area contributed by atoms with Crippen LogP contribution in [-0.2, 0) is 6.42 Å². The van der Waals surface area contributed by atoms with Crippen molar-refractivity contribution in [2.45, 2.75) is 27.2 Å². The topological polar surface area (TPSA) is 93.0 Å². The first-order valence-corrected chi connectivity index (χ1v) is 8.67. The van der Waals surface area contributed by atoms with Crippen molar-refractivity contribution < 1.29 is 4.92 Å². The molecule has 0 saturated carbocycles. The van der Waals surface area contributed by atoms with Gasteiger partial charge in [-0.05, 0) is 49.6 Å². The number of hydrogen-bond acceptors (Lipinski definition) is 6. The maximum absolute atomic E-state index is 11.7. The zero-order valence-corrected chi connectivity index (χ0v) is 15.5. The average Bonchev–Trinajstić information content (AvgIpc) is 2.64. The molecule has 27 heavy (non-hydrogen) atoms. The van der Waals surface area contributed by atoms with Gasteiger partial charge < -0.3 is 10.6 Å². The first-order valence-electron chi connectivity index (χ1n) is 8.67. The summed E-state index contributed by atoms with van der Waals surface area (Å²) in [5.41, 5.74) is 4.58. The molecule has 0 fully saturated rings. The van der Waals surface area contributed by atoms with Gasteiger partial charge in [0.05, 0.1) is 4.92 Å². The molecule has 0 saturated heterocycles. The fraction of sp³-hybridized carbons (Fsp3) is 0.200. The molecular weight excluding hydrogens is 342 g/mol. The third kappa shape index (κ3) is 4.20. The largest absolute Gasteiger partial charge is 0.353 e. The number of aromatic nitrogens is 2. The van der Waals surface area contributed by atoms with Crippen LogP contribution in [0.3, 0.4) is 0 Å². The summed E-state index contributed by atoms with van der Waals surface area (Å²) in [6.07, 6.45) is 2.24. The van der Waals surface area contributed by atoms with Gasteiger partial charge in [-0.2, -0.15) is 0 Å². The first-order chi connectivity index (χ1) is 13.0. The zero-order chi connectivity index (χ0) is 19.4. The van der Waals surface area contributed by atoms with Crippen molar-refractivity contribution in [1.29, 1.82) is 0 Å². The van der Waals surface area contributed by atoms with E-state index in [0.717, 1.165) is 28.9 Å². The lowest BCUT2D eigenvalue weighted by atomic mass is 10.1. The van der Waals surface area contributed by atoms with Gasteiger partial charge in [-0.3, -0.25) is 10.1 Å².